The van der Waals surface area contributed by atoms with Crippen LogP contribution in [0.3, 0.4) is 0 Å². The molecule has 1 N–H and O–H groups in total. The third kappa shape index (κ3) is 6.19. The molecule has 0 rings (SSSR count). The summed E-state index contributed by atoms with van der Waals surface area (Å²) in [6.45, 7) is 12.8. The normalized spacial score (nSPS) is 17.4. The van der Waals surface area contributed by atoms with Crippen molar-refractivity contribution < 1.29 is 0 Å². The van der Waals surface area contributed by atoms with E-state index < -0.39 is 0 Å². The molecule has 3 unspecified atom stereocenters. The van der Waals surface area contributed by atoms with Crippen molar-refractivity contribution >= 4 is 0 Å². The molecule has 0 aromatic heterocycles. The summed E-state index contributed by atoms with van der Waals surface area (Å²) < 4.78 is 0. The molecule has 3 atom stereocenters. The maximum absolute atomic E-state index is 3.70. The molecule has 0 aliphatic rings. The molecule has 0 aliphatic carbocycles. The molecule has 0 saturated heterocycles. The zero-order chi connectivity index (χ0) is 11.7. The molecule has 1 nitrogen and oxygen atoms in total. The van der Waals surface area contributed by atoms with Crippen LogP contribution in [0.15, 0.2) is 0 Å². The van der Waals surface area contributed by atoms with Crippen LogP contribution >= 0.6 is 0 Å². The van der Waals surface area contributed by atoms with Gasteiger partial charge < -0.3 is 5.32 Å². The summed E-state index contributed by atoms with van der Waals surface area (Å²) in [4.78, 5) is 0. The third-order valence-electron chi connectivity index (χ3n) is 3.59. The summed E-state index contributed by atoms with van der Waals surface area (Å²) in [7, 11) is 0. The lowest BCUT2D eigenvalue weighted by Gasteiger charge is -2.28. The fourth-order valence-corrected chi connectivity index (χ4v) is 2.27. The summed E-state index contributed by atoms with van der Waals surface area (Å²) in [6, 6.07) is 0.740. The molecule has 0 bridgehead atoms. The molecule has 0 fully saturated rings. The highest BCUT2D eigenvalue weighted by molar-refractivity contribution is 4.75. The van der Waals surface area contributed by atoms with Crippen LogP contribution in [0.4, 0.5) is 0 Å². The first kappa shape index (κ1) is 15.0. The van der Waals surface area contributed by atoms with Crippen LogP contribution in [-0.2, 0) is 0 Å². The fourth-order valence-electron chi connectivity index (χ4n) is 2.27. The fraction of sp³-hybridized carbons (Fsp3) is 1.00. The SMILES string of the molecule is CCCNC(CC)C(CC)CC(C)CC. The topological polar surface area (TPSA) is 12.0 Å². The van der Waals surface area contributed by atoms with Crippen molar-refractivity contribution in [2.45, 2.75) is 72.8 Å². The Bertz CT molecular complexity index is 133. The van der Waals surface area contributed by atoms with Gasteiger partial charge in [-0.15, -0.1) is 0 Å². The lowest BCUT2D eigenvalue weighted by molar-refractivity contribution is 0.277. The molecule has 0 amide bonds. The highest BCUT2D eigenvalue weighted by Gasteiger charge is 2.19. The van der Waals surface area contributed by atoms with E-state index in [4.69, 9.17) is 0 Å². The van der Waals surface area contributed by atoms with Crippen LogP contribution in [-0.4, -0.2) is 12.6 Å². The maximum Gasteiger partial charge on any atom is 0.00926 e. The van der Waals surface area contributed by atoms with Crippen molar-refractivity contribution in [1.29, 1.82) is 0 Å². The molecular weight excluding hydrogens is 182 g/mol. The summed E-state index contributed by atoms with van der Waals surface area (Å²) in [5.74, 6) is 1.75. The molecule has 0 aromatic rings. The zero-order valence-corrected chi connectivity index (χ0v) is 11.5. The molecule has 15 heavy (non-hydrogen) atoms. The summed E-state index contributed by atoms with van der Waals surface area (Å²) >= 11 is 0. The van der Waals surface area contributed by atoms with Crippen LogP contribution in [0.25, 0.3) is 0 Å². The monoisotopic (exact) mass is 213 g/mol. The van der Waals surface area contributed by atoms with Gasteiger partial charge in [-0.2, -0.15) is 0 Å². The van der Waals surface area contributed by atoms with Gasteiger partial charge in [0.2, 0.25) is 0 Å². The molecule has 0 saturated carbocycles. The zero-order valence-electron chi connectivity index (χ0n) is 11.5. The van der Waals surface area contributed by atoms with Gasteiger partial charge in [-0.3, -0.25) is 0 Å². The van der Waals surface area contributed by atoms with E-state index in [1.54, 1.807) is 0 Å². The van der Waals surface area contributed by atoms with E-state index in [1.807, 2.05) is 0 Å². The Morgan fingerprint density at radius 2 is 1.60 bits per heavy atom. The number of nitrogens with one attached hydrogen (secondary N) is 1. The quantitative estimate of drug-likeness (QED) is 0.604. The molecule has 0 spiro atoms. The van der Waals surface area contributed by atoms with Crippen molar-refractivity contribution in [3.63, 3.8) is 0 Å². The minimum absolute atomic E-state index is 0.740. The molecule has 92 valence electrons. The third-order valence-corrected chi connectivity index (χ3v) is 3.59. The Labute approximate surface area is 97.0 Å². The lowest BCUT2D eigenvalue weighted by Crippen LogP contribution is -2.36. The van der Waals surface area contributed by atoms with E-state index in [9.17, 15) is 0 Å². The number of hydrogen-bond donors (Lipinski definition) is 1. The molecule has 0 aromatic carbocycles. The van der Waals surface area contributed by atoms with Crippen LogP contribution < -0.4 is 5.32 Å². The Kier molecular flexibility index (Phi) is 9.18. The number of hydrogen-bond acceptors (Lipinski definition) is 1. The van der Waals surface area contributed by atoms with E-state index in [0.717, 1.165) is 17.9 Å². The Morgan fingerprint density at radius 3 is 2.00 bits per heavy atom. The van der Waals surface area contributed by atoms with Crippen LogP contribution in [0.5, 0.6) is 0 Å². The van der Waals surface area contributed by atoms with E-state index in [2.05, 4.69) is 39.9 Å². The van der Waals surface area contributed by atoms with Gasteiger partial charge in [0.15, 0.2) is 0 Å². The average molecular weight is 213 g/mol. The van der Waals surface area contributed by atoms with Crippen molar-refractivity contribution in [3.8, 4) is 0 Å². The minimum Gasteiger partial charge on any atom is -0.314 e. The summed E-state index contributed by atoms with van der Waals surface area (Å²) in [5.41, 5.74) is 0. The van der Waals surface area contributed by atoms with Gasteiger partial charge in [-0.1, -0.05) is 47.5 Å². The minimum atomic E-state index is 0.740. The standard InChI is InChI=1S/C14H31N/c1-6-10-15-14(9-4)13(8-3)11-12(5)7-2/h12-15H,6-11H2,1-5H3. The smallest absolute Gasteiger partial charge is 0.00926 e. The predicted octanol–water partition coefficient (Wildman–Crippen LogP) is 4.23. The number of rotatable bonds is 9. The predicted molar refractivity (Wildman–Crippen MR) is 70.2 cm³/mol. The second-order valence-corrected chi connectivity index (χ2v) is 4.89. The maximum atomic E-state index is 3.70. The van der Waals surface area contributed by atoms with E-state index >= 15 is 0 Å². The molecular formula is C14H31N. The van der Waals surface area contributed by atoms with E-state index in [1.165, 1.54) is 38.6 Å². The van der Waals surface area contributed by atoms with E-state index in [-0.39, 0.29) is 0 Å². The van der Waals surface area contributed by atoms with E-state index in [0.29, 0.717) is 0 Å². The van der Waals surface area contributed by atoms with Crippen molar-refractivity contribution in [1.82, 2.24) is 5.32 Å². The van der Waals surface area contributed by atoms with Gasteiger partial charge in [0.05, 0.1) is 0 Å². The van der Waals surface area contributed by atoms with Crippen molar-refractivity contribution in [3.05, 3.63) is 0 Å². The first-order valence-corrected chi connectivity index (χ1v) is 6.92. The van der Waals surface area contributed by atoms with Gasteiger partial charge in [0.1, 0.15) is 0 Å². The second kappa shape index (κ2) is 9.21. The van der Waals surface area contributed by atoms with Gasteiger partial charge in [0, 0.05) is 6.04 Å². The first-order valence-electron chi connectivity index (χ1n) is 6.92. The molecule has 0 aliphatic heterocycles. The Hall–Kier alpha value is -0.0400. The van der Waals surface area contributed by atoms with Crippen molar-refractivity contribution in [2.75, 3.05) is 6.54 Å². The van der Waals surface area contributed by atoms with Crippen molar-refractivity contribution in [2.24, 2.45) is 11.8 Å². The van der Waals surface area contributed by atoms with Gasteiger partial charge in [0.25, 0.3) is 0 Å². The molecule has 0 heterocycles. The molecule has 1 heteroatoms. The van der Waals surface area contributed by atoms with Gasteiger partial charge in [-0.25, -0.2) is 0 Å². The highest BCUT2D eigenvalue weighted by Crippen LogP contribution is 2.22. The Balaban J connectivity index is 4.07. The highest BCUT2D eigenvalue weighted by atomic mass is 14.9. The van der Waals surface area contributed by atoms with Crippen LogP contribution in [0.2, 0.25) is 0 Å². The van der Waals surface area contributed by atoms with Gasteiger partial charge >= 0.3 is 0 Å². The lowest BCUT2D eigenvalue weighted by atomic mass is 9.85. The summed E-state index contributed by atoms with van der Waals surface area (Å²) in [6.07, 6.45) is 6.55. The van der Waals surface area contributed by atoms with Gasteiger partial charge in [-0.05, 0) is 37.6 Å². The van der Waals surface area contributed by atoms with Crippen LogP contribution in [0.1, 0.15) is 66.7 Å². The first-order chi connectivity index (χ1) is 7.19. The molecule has 0 radical (unpaired) electrons. The second-order valence-electron chi connectivity index (χ2n) is 4.89. The Morgan fingerprint density at radius 1 is 0.933 bits per heavy atom. The summed E-state index contributed by atoms with van der Waals surface area (Å²) in [5, 5.41) is 3.70. The largest absolute Gasteiger partial charge is 0.314 e. The van der Waals surface area contributed by atoms with Crippen LogP contribution in [0, 0.1) is 11.8 Å². The average Bonchev–Trinajstić information content (AvgIpc) is 2.27.